The van der Waals surface area contributed by atoms with Crippen molar-refractivity contribution in [2.24, 2.45) is 17.3 Å². The molecule has 0 saturated heterocycles. The lowest BCUT2D eigenvalue weighted by Crippen LogP contribution is -2.18. The Kier molecular flexibility index (Phi) is 15.3. The summed E-state index contributed by atoms with van der Waals surface area (Å²) in [6.45, 7) is 14.4. The molecule has 0 aromatic rings. The molecule has 0 rings (SSSR count). The first-order valence-corrected chi connectivity index (χ1v) is 11.6. The summed E-state index contributed by atoms with van der Waals surface area (Å²) in [6, 6.07) is 0. The van der Waals surface area contributed by atoms with Crippen LogP contribution in [0.1, 0.15) is 138 Å². The molecule has 2 atom stereocenters. The largest absolute Gasteiger partial charge is 0.0654 e. The van der Waals surface area contributed by atoms with E-state index >= 15 is 0 Å². The molecule has 0 heterocycles. The van der Waals surface area contributed by atoms with E-state index in [2.05, 4.69) is 41.5 Å². The van der Waals surface area contributed by atoms with Crippen LogP contribution in [0.25, 0.3) is 0 Å². The van der Waals surface area contributed by atoms with Crippen LogP contribution in [0.5, 0.6) is 0 Å². The zero-order valence-electron chi connectivity index (χ0n) is 18.3. The Hall–Kier alpha value is 0. The fraction of sp³-hybridized carbons (Fsp3) is 1.00. The van der Waals surface area contributed by atoms with Crippen LogP contribution in [0.4, 0.5) is 0 Å². The van der Waals surface area contributed by atoms with Crippen LogP contribution in [0.15, 0.2) is 0 Å². The molecule has 0 heteroatoms. The Morgan fingerprint density at radius 2 is 1.21 bits per heavy atom. The molecule has 0 aromatic heterocycles. The molecule has 0 fully saturated rings. The summed E-state index contributed by atoms with van der Waals surface area (Å²) in [7, 11) is 0. The zero-order valence-corrected chi connectivity index (χ0v) is 18.3. The Bertz CT molecular complexity index is 242. The van der Waals surface area contributed by atoms with Crippen LogP contribution in [-0.4, -0.2) is 0 Å². The lowest BCUT2D eigenvalue weighted by molar-refractivity contribution is 0.208. The molecule has 0 radical (unpaired) electrons. The maximum Gasteiger partial charge on any atom is -0.0305 e. The van der Waals surface area contributed by atoms with Gasteiger partial charge in [-0.05, 0) is 30.1 Å². The van der Waals surface area contributed by atoms with Gasteiger partial charge in [-0.2, -0.15) is 0 Å². The normalized spacial score (nSPS) is 14.8. The SMILES string of the molecule is CCCCCCC(CCCC(CC)(CC)CC)CC(C)CCCC. The minimum absolute atomic E-state index is 0.639. The van der Waals surface area contributed by atoms with Gasteiger partial charge in [0.05, 0.1) is 0 Å². The van der Waals surface area contributed by atoms with Gasteiger partial charge in [0, 0.05) is 0 Å². The summed E-state index contributed by atoms with van der Waals surface area (Å²) in [5.74, 6) is 1.94. The number of unbranched alkanes of at least 4 members (excludes halogenated alkanes) is 4. The van der Waals surface area contributed by atoms with Crippen LogP contribution < -0.4 is 0 Å². The van der Waals surface area contributed by atoms with E-state index in [0.717, 1.165) is 11.8 Å². The Labute approximate surface area is 155 Å². The molecular formula is C24H50. The second-order valence-electron chi connectivity index (χ2n) is 8.65. The molecule has 0 aromatic carbocycles. The fourth-order valence-electron chi connectivity index (χ4n) is 4.53. The molecule has 2 unspecified atom stereocenters. The van der Waals surface area contributed by atoms with E-state index in [1.807, 2.05) is 0 Å². The Balaban J connectivity index is 4.35. The average molecular weight is 339 g/mol. The van der Waals surface area contributed by atoms with Gasteiger partial charge in [0.15, 0.2) is 0 Å². The highest BCUT2D eigenvalue weighted by Gasteiger charge is 2.24. The smallest absolute Gasteiger partial charge is 0.0305 e. The van der Waals surface area contributed by atoms with Crippen LogP contribution in [0.2, 0.25) is 0 Å². The van der Waals surface area contributed by atoms with Crippen molar-refractivity contribution < 1.29 is 0 Å². The molecule has 0 bridgehead atoms. The zero-order chi connectivity index (χ0) is 18.3. The standard InChI is InChI=1S/C24H50/c1-7-12-14-15-18-23(21-22(6)17-13-8-2)19-16-20-24(9-3,10-4)11-5/h22-23H,7-21H2,1-6H3. The summed E-state index contributed by atoms with van der Waals surface area (Å²) in [5.41, 5.74) is 0.639. The van der Waals surface area contributed by atoms with Gasteiger partial charge in [-0.3, -0.25) is 0 Å². The topological polar surface area (TPSA) is 0 Å². The Morgan fingerprint density at radius 3 is 1.75 bits per heavy atom. The molecule has 0 amide bonds. The van der Waals surface area contributed by atoms with Gasteiger partial charge < -0.3 is 0 Å². The third-order valence-electron chi connectivity index (χ3n) is 6.82. The van der Waals surface area contributed by atoms with E-state index in [0.29, 0.717) is 5.41 Å². The first kappa shape index (κ1) is 24.0. The highest BCUT2D eigenvalue weighted by Crippen LogP contribution is 2.37. The van der Waals surface area contributed by atoms with Gasteiger partial charge in [-0.15, -0.1) is 0 Å². The van der Waals surface area contributed by atoms with Gasteiger partial charge in [-0.25, -0.2) is 0 Å². The number of rotatable bonds is 17. The maximum absolute atomic E-state index is 2.50. The summed E-state index contributed by atoms with van der Waals surface area (Å²) in [5, 5.41) is 0. The lowest BCUT2D eigenvalue weighted by atomic mass is 9.74. The van der Waals surface area contributed by atoms with E-state index < -0.39 is 0 Å². The molecule has 0 aliphatic heterocycles. The fourth-order valence-corrected chi connectivity index (χ4v) is 4.53. The molecule has 0 spiro atoms. The van der Waals surface area contributed by atoms with Crippen molar-refractivity contribution in [3.63, 3.8) is 0 Å². The highest BCUT2D eigenvalue weighted by molar-refractivity contribution is 4.76. The molecule has 24 heavy (non-hydrogen) atoms. The first-order chi connectivity index (χ1) is 11.6. The van der Waals surface area contributed by atoms with Crippen LogP contribution in [0.3, 0.4) is 0 Å². The summed E-state index contributed by atoms with van der Waals surface area (Å²) < 4.78 is 0. The van der Waals surface area contributed by atoms with E-state index in [9.17, 15) is 0 Å². The van der Waals surface area contributed by atoms with Crippen LogP contribution in [-0.2, 0) is 0 Å². The first-order valence-electron chi connectivity index (χ1n) is 11.6. The predicted octanol–water partition coefficient (Wildman–Crippen LogP) is 9.18. The van der Waals surface area contributed by atoms with E-state index in [1.165, 1.54) is 96.3 Å². The van der Waals surface area contributed by atoms with Crippen molar-refractivity contribution in [3.8, 4) is 0 Å². The van der Waals surface area contributed by atoms with Crippen molar-refractivity contribution in [3.05, 3.63) is 0 Å². The Morgan fingerprint density at radius 1 is 0.625 bits per heavy atom. The van der Waals surface area contributed by atoms with Gasteiger partial charge >= 0.3 is 0 Å². The average Bonchev–Trinajstić information content (AvgIpc) is 2.60. The minimum Gasteiger partial charge on any atom is -0.0654 e. The number of hydrogen-bond acceptors (Lipinski definition) is 0. The molecule has 0 nitrogen and oxygen atoms in total. The second kappa shape index (κ2) is 15.3. The van der Waals surface area contributed by atoms with Gasteiger partial charge in [0.25, 0.3) is 0 Å². The predicted molar refractivity (Wildman–Crippen MR) is 113 cm³/mol. The quantitative estimate of drug-likeness (QED) is 0.232. The maximum atomic E-state index is 2.50. The van der Waals surface area contributed by atoms with E-state index in [1.54, 1.807) is 0 Å². The molecule has 0 aliphatic carbocycles. The van der Waals surface area contributed by atoms with Gasteiger partial charge in [0.2, 0.25) is 0 Å². The van der Waals surface area contributed by atoms with Crippen molar-refractivity contribution in [1.82, 2.24) is 0 Å². The molecule has 0 aliphatic rings. The van der Waals surface area contributed by atoms with Crippen molar-refractivity contribution in [2.45, 2.75) is 138 Å². The van der Waals surface area contributed by atoms with Crippen LogP contribution in [0, 0.1) is 17.3 Å². The van der Waals surface area contributed by atoms with Crippen LogP contribution >= 0.6 is 0 Å². The molecular weight excluding hydrogens is 288 g/mol. The monoisotopic (exact) mass is 338 g/mol. The van der Waals surface area contributed by atoms with Gasteiger partial charge in [0.1, 0.15) is 0 Å². The highest BCUT2D eigenvalue weighted by atomic mass is 14.3. The lowest BCUT2D eigenvalue weighted by Gasteiger charge is -2.31. The molecule has 0 N–H and O–H groups in total. The molecule has 146 valence electrons. The van der Waals surface area contributed by atoms with Crippen molar-refractivity contribution >= 4 is 0 Å². The summed E-state index contributed by atoms with van der Waals surface area (Å²) in [6.07, 6.45) is 21.5. The third-order valence-corrected chi connectivity index (χ3v) is 6.82. The van der Waals surface area contributed by atoms with E-state index in [-0.39, 0.29) is 0 Å². The third kappa shape index (κ3) is 10.8. The van der Waals surface area contributed by atoms with Gasteiger partial charge in [-0.1, -0.05) is 125 Å². The van der Waals surface area contributed by atoms with E-state index in [4.69, 9.17) is 0 Å². The van der Waals surface area contributed by atoms with Crippen molar-refractivity contribution in [1.29, 1.82) is 0 Å². The molecule has 0 saturated carbocycles. The number of hydrogen-bond donors (Lipinski definition) is 0. The minimum atomic E-state index is 0.639. The van der Waals surface area contributed by atoms with Crippen molar-refractivity contribution in [2.75, 3.05) is 0 Å². The second-order valence-corrected chi connectivity index (χ2v) is 8.65. The summed E-state index contributed by atoms with van der Waals surface area (Å²) >= 11 is 0. The summed E-state index contributed by atoms with van der Waals surface area (Å²) in [4.78, 5) is 0.